The molecule has 0 atom stereocenters. The molecule has 0 heterocycles. The molecule has 2 N–H and O–H groups in total. The van der Waals surface area contributed by atoms with Crippen molar-refractivity contribution in [1.29, 1.82) is 0 Å². The summed E-state index contributed by atoms with van der Waals surface area (Å²) in [5, 5.41) is 5.75. The van der Waals surface area contributed by atoms with Crippen LogP contribution in [0.3, 0.4) is 0 Å². The maximum Gasteiger partial charge on any atom is 0.243 e. The van der Waals surface area contributed by atoms with Gasteiger partial charge in [-0.2, -0.15) is 0 Å². The van der Waals surface area contributed by atoms with E-state index in [1.54, 1.807) is 12.1 Å². The van der Waals surface area contributed by atoms with E-state index in [1.165, 1.54) is 11.8 Å². The quantitative estimate of drug-likeness (QED) is 0.872. The summed E-state index contributed by atoms with van der Waals surface area (Å²) in [5.74, 6) is -0.114. The van der Waals surface area contributed by atoms with E-state index in [1.807, 2.05) is 33.8 Å². The molecular weight excluding hydrogens is 308 g/mol. The second kappa shape index (κ2) is 7.71. The van der Waals surface area contributed by atoms with Gasteiger partial charge in [0.2, 0.25) is 11.8 Å². The molecule has 1 rings (SSSR count). The molecular formula is C15H21ClN2O2S. The monoisotopic (exact) mass is 328 g/mol. The average molecular weight is 329 g/mol. The minimum atomic E-state index is -0.296. The summed E-state index contributed by atoms with van der Waals surface area (Å²) in [7, 11) is 0. The SMILES string of the molecule is Cc1ccc(NC(=O)CNC(=O)CSC(C)(C)C)c(Cl)c1. The number of amides is 2. The number of carbonyl (C=O) groups is 2. The molecule has 116 valence electrons. The van der Waals surface area contributed by atoms with Crippen LogP contribution in [0, 0.1) is 6.92 Å². The molecule has 4 nitrogen and oxygen atoms in total. The number of halogens is 1. The molecule has 2 amide bonds. The number of aryl methyl sites for hydroxylation is 1. The molecule has 0 unspecified atom stereocenters. The lowest BCUT2D eigenvalue weighted by Crippen LogP contribution is -2.34. The molecule has 0 aliphatic heterocycles. The predicted molar refractivity (Wildman–Crippen MR) is 90.0 cm³/mol. The maximum absolute atomic E-state index is 11.8. The van der Waals surface area contributed by atoms with E-state index in [-0.39, 0.29) is 23.1 Å². The highest BCUT2D eigenvalue weighted by Gasteiger charge is 2.14. The highest BCUT2D eigenvalue weighted by molar-refractivity contribution is 8.01. The van der Waals surface area contributed by atoms with Gasteiger partial charge in [0.15, 0.2) is 0 Å². The van der Waals surface area contributed by atoms with Gasteiger partial charge >= 0.3 is 0 Å². The lowest BCUT2D eigenvalue weighted by molar-refractivity contribution is -0.122. The van der Waals surface area contributed by atoms with Crippen LogP contribution in [-0.4, -0.2) is 28.9 Å². The van der Waals surface area contributed by atoms with Gasteiger partial charge < -0.3 is 10.6 Å². The van der Waals surface area contributed by atoms with Gasteiger partial charge in [-0.25, -0.2) is 0 Å². The minimum Gasteiger partial charge on any atom is -0.346 e. The van der Waals surface area contributed by atoms with E-state index in [0.717, 1.165) is 5.56 Å². The first kappa shape index (κ1) is 17.9. The first-order chi connectivity index (χ1) is 9.67. The van der Waals surface area contributed by atoms with Crippen LogP contribution in [-0.2, 0) is 9.59 Å². The van der Waals surface area contributed by atoms with Crippen LogP contribution in [0.4, 0.5) is 5.69 Å². The Kier molecular flexibility index (Phi) is 6.55. The van der Waals surface area contributed by atoms with Crippen molar-refractivity contribution in [1.82, 2.24) is 5.32 Å². The number of hydrogen-bond donors (Lipinski definition) is 2. The molecule has 1 aromatic carbocycles. The first-order valence-electron chi connectivity index (χ1n) is 6.64. The molecule has 0 bridgehead atoms. The van der Waals surface area contributed by atoms with Gasteiger partial charge in [-0.15, -0.1) is 11.8 Å². The van der Waals surface area contributed by atoms with Crippen molar-refractivity contribution in [2.24, 2.45) is 0 Å². The smallest absolute Gasteiger partial charge is 0.243 e. The van der Waals surface area contributed by atoms with E-state index in [4.69, 9.17) is 11.6 Å². The van der Waals surface area contributed by atoms with Crippen molar-refractivity contribution < 1.29 is 9.59 Å². The van der Waals surface area contributed by atoms with Crippen LogP contribution in [0.25, 0.3) is 0 Å². The van der Waals surface area contributed by atoms with Crippen LogP contribution < -0.4 is 10.6 Å². The number of thioether (sulfide) groups is 1. The number of benzene rings is 1. The van der Waals surface area contributed by atoms with E-state index in [9.17, 15) is 9.59 Å². The van der Waals surface area contributed by atoms with Crippen LogP contribution in [0.1, 0.15) is 26.3 Å². The van der Waals surface area contributed by atoms with Gasteiger partial charge in [0, 0.05) is 4.75 Å². The Morgan fingerprint density at radius 3 is 2.48 bits per heavy atom. The molecule has 0 fully saturated rings. The molecule has 21 heavy (non-hydrogen) atoms. The minimum absolute atomic E-state index is 0.0228. The Hall–Kier alpha value is -1.20. The highest BCUT2D eigenvalue weighted by atomic mass is 35.5. The van der Waals surface area contributed by atoms with Gasteiger partial charge in [0.1, 0.15) is 0 Å². The second-order valence-electron chi connectivity index (χ2n) is 5.71. The molecule has 0 saturated heterocycles. The summed E-state index contributed by atoms with van der Waals surface area (Å²) in [6.07, 6.45) is 0. The lowest BCUT2D eigenvalue weighted by Gasteiger charge is -2.16. The third kappa shape index (κ3) is 7.39. The van der Waals surface area contributed by atoms with Crippen molar-refractivity contribution in [2.45, 2.75) is 32.4 Å². The van der Waals surface area contributed by atoms with Gasteiger partial charge in [0.25, 0.3) is 0 Å². The van der Waals surface area contributed by atoms with E-state index < -0.39 is 0 Å². The summed E-state index contributed by atoms with van der Waals surface area (Å²) >= 11 is 7.57. The Morgan fingerprint density at radius 1 is 1.24 bits per heavy atom. The van der Waals surface area contributed by atoms with Crippen LogP contribution >= 0.6 is 23.4 Å². The Labute approximate surface area is 135 Å². The first-order valence-corrected chi connectivity index (χ1v) is 8.00. The molecule has 6 heteroatoms. The van der Waals surface area contributed by atoms with Crippen LogP contribution in [0.5, 0.6) is 0 Å². The third-order valence-electron chi connectivity index (χ3n) is 2.48. The number of anilines is 1. The zero-order valence-corrected chi connectivity index (χ0v) is 14.3. The molecule has 0 aromatic heterocycles. The van der Waals surface area contributed by atoms with Gasteiger partial charge in [-0.05, 0) is 24.6 Å². The van der Waals surface area contributed by atoms with Gasteiger partial charge in [0.05, 0.1) is 23.0 Å². The fourth-order valence-electron chi connectivity index (χ4n) is 1.43. The number of hydrogen-bond acceptors (Lipinski definition) is 3. The van der Waals surface area contributed by atoms with Crippen molar-refractivity contribution in [3.05, 3.63) is 28.8 Å². The summed E-state index contributed by atoms with van der Waals surface area (Å²) < 4.78 is 0.0228. The zero-order chi connectivity index (χ0) is 16.0. The van der Waals surface area contributed by atoms with Gasteiger partial charge in [-0.1, -0.05) is 38.4 Å². The van der Waals surface area contributed by atoms with Gasteiger partial charge in [-0.3, -0.25) is 9.59 Å². The van der Waals surface area contributed by atoms with Crippen molar-refractivity contribution >= 4 is 40.9 Å². The second-order valence-corrected chi connectivity index (χ2v) is 7.92. The number of nitrogens with one attached hydrogen (secondary N) is 2. The molecule has 0 aliphatic carbocycles. The highest BCUT2D eigenvalue weighted by Crippen LogP contribution is 2.23. The molecule has 0 radical (unpaired) electrons. The number of rotatable bonds is 5. The molecule has 0 saturated carbocycles. The van der Waals surface area contributed by atoms with Crippen LogP contribution in [0.15, 0.2) is 18.2 Å². The van der Waals surface area contributed by atoms with E-state index >= 15 is 0 Å². The largest absolute Gasteiger partial charge is 0.346 e. The Morgan fingerprint density at radius 2 is 1.90 bits per heavy atom. The normalized spacial score (nSPS) is 11.1. The topological polar surface area (TPSA) is 58.2 Å². The molecule has 0 spiro atoms. The summed E-state index contributed by atoms with van der Waals surface area (Å²) in [6.45, 7) is 7.98. The summed E-state index contributed by atoms with van der Waals surface area (Å²) in [5.41, 5.74) is 1.57. The molecule has 0 aliphatic rings. The van der Waals surface area contributed by atoms with Crippen molar-refractivity contribution in [3.8, 4) is 0 Å². The maximum atomic E-state index is 11.8. The Balaban J connectivity index is 2.39. The van der Waals surface area contributed by atoms with Crippen molar-refractivity contribution in [3.63, 3.8) is 0 Å². The van der Waals surface area contributed by atoms with Crippen LogP contribution in [0.2, 0.25) is 5.02 Å². The number of carbonyl (C=O) groups excluding carboxylic acids is 2. The standard InChI is InChI=1S/C15H21ClN2O2S/c1-10-5-6-12(11(16)7-10)18-13(19)8-17-14(20)9-21-15(2,3)4/h5-7H,8-9H2,1-4H3,(H,17,20)(H,18,19). The van der Waals surface area contributed by atoms with E-state index in [2.05, 4.69) is 10.6 Å². The molecule has 1 aromatic rings. The predicted octanol–water partition coefficient (Wildman–Crippen LogP) is 3.23. The summed E-state index contributed by atoms with van der Waals surface area (Å²) in [4.78, 5) is 23.4. The fraction of sp³-hybridized carbons (Fsp3) is 0.467. The lowest BCUT2D eigenvalue weighted by atomic mass is 10.2. The Bertz CT molecular complexity index is 527. The third-order valence-corrected chi connectivity index (χ3v) is 4.07. The van der Waals surface area contributed by atoms with E-state index in [0.29, 0.717) is 16.5 Å². The summed E-state index contributed by atoms with van der Waals surface area (Å²) in [6, 6.07) is 5.38. The zero-order valence-electron chi connectivity index (χ0n) is 12.7. The fourth-order valence-corrected chi connectivity index (χ4v) is 2.38. The average Bonchev–Trinajstić information content (AvgIpc) is 2.36. The van der Waals surface area contributed by atoms with Crippen molar-refractivity contribution in [2.75, 3.05) is 17.6 Å².